The Bertz CT molecular complexity index is 515. The first-order chi connectivity index (χ1) is 8.65. The number of nitrogens with zero attached hydrogens (tertiary/aromatic N) is 4. The van der Waals surface area contributed by atoms with Gasteiger partial charge in [0.1, 0.15) is 6.10 Å². The van der Waals surface area contributed by atoms with Crippen LogP contribution in [0.3, 0.4) is 0 Å². The van der Waals surface area contributed by atoms with E-state index in [0.717, 1.165) is 30.0 Å². The van der Waals surface area contributed by atoms with Gasteiger partial charge >= 0.3 is 0 Å². The molecule has 1 atom stereocenters. The Morgan fingerprint density at radius 3 is 2.78 bits per heavy atom. The van der Waals surface area contributed by atoms with Gasteiger partial charge in [0.25, 0.3) is 0 Å². The van der Waals surface area contributed by atoms with E-state index in [9.17, 15) is 5.11 Å². The van der Waals surface area contributed by atoms with E-state index in [1.165, 1.54) is 0 Å². The number of aliphatic hydroxyl groups is 1. The fourth-order valence-electron chi connectivity index (χ4n) is 2.13. The standard InChI is InChI=1S/C13H20N4O/c1-4-10-8-11(16(3)15-10)9-13(18)12-6-7-14-17(12)5-2/h6-8,13,18H,4-5,9H2,1-3H3. The summed E-state index contributed by atoms with van der Waals surface area (Å²) in [7, 11) is 1.92. The second-order valence-corrected chi connectivity index (χ2v) is 4.40. The fourth-order valence-corrected chi connectivity index (χ4v) is 2.13. The molecule has 0 aliphatic rings. The highest BCUT2D eigenvalue weighted by Gasteiger charge is 2.15. The van der Waals surface area contributed by atoms with E-state index in [2.05, 4.69) is 23.2 Å². The average molecular weight is 248 g/mol. The summed E-state index contributed by atoms with van der Waals surface area (Å²) in [5, 5.41) is 18.8. The van der Waals surface area contributed by atoms with Crippen molar-refractivity contribution >= 4 is 0 Å². The van der Waals surface area contributed by atoms with Crippen LogP contribution in [0.4, 0.5) is 0 Å². The van der Waals surface area contributed by atoms with Crippen LogP contribution in [0.25, 0.3) is 0 Å². The molecule has 98 valence electrons. The van der Waals surface area contributed by atoms with Crippen LogP contribution in [-0.2, 0) is 26.4 Å². The van der Waals surface area contributed by atoms with E-state index in [0.29, 0.717) is 6.42 Å². The molecule has 0 aliphatic carbocycles. The maximum atomic E-state index is 10.3. The number of aliphatic hydroxyl groups excluding tert-OH is 1. The number of hydrogen-bond acceptors (Lipinski definition) is 3. The van der Waals surface area contributed by atoms with Crippen LogP contribution in [0, 0.1) is 0 Å². The van der Waals surface area contributed by atoms with Gasteiger partial charge in [0.2, 0.25) is 0 Å². The summed E-state index contributed by atoms with van der Waals surface area (Å²) in [4.78, 5) is 0. The maximum absolute atomic E-state index is 10.3. The quantitative estimate of drug-likeness (QED) is 0.872. The van der Waals surface area contributed by atoms with Crippen molar-refractivity contribution in [2.75, 3.05) is 0 Å². The lowest BCUT2D eigenvalue weighted by atomic mass is 10.1. The summed E-state index contributed by atoms with van der Waals surface area (Å²) in [5.74, 6) is 0. The van der Waals surface area contributed by atoms with E-state index >= 15 is 0 Å². The zero-order valence-electron chi connectivity index (χ0n) is 11.2. The minimum absolute atomic E-state index is 0.535. The van der Waals surface area contributed by atoms with Crippen molar-refractivity contribution in [1.29, 1.82) is 0 Å². The molecule has 2 aromatic heterocycles. The van der Waals surface area contributed by atoms with Crippen molar-refractivity contribution in [1.82, 2.24) is 19.6 Å². The lowest BCUT2D eigenvalue weighted by Crippen LogP contribution is -2.12. The molecule has 0 amide bonds. The molecule has 0 radical (unpaired) electrons. The van der Waals surface area contributed by atoms with Gasteiger partial charge in [-0.1, -0.05) is 6.92 Å². The van der Waals surface area contributed by atoms with Gasteiger partial charge in [-0.2, -0.15) is 10.2 Å². The molecule has 0 spiro atoms. The number of aryl methyl sites for hydroxylation is 3. The maximum Gasteiger partial charge on any atom is 0.101 e. The lowest BCUT2D eigenvalue weighted by Gasteiger charge is -2.12. The van der Waals surface area contributed by atoms with Gasteiger partial charge in [-0.15, -0.1) is 0 Å². The van der Waals surface area contributed by atoms with Crippen LogP contribution in [0.5, 0.6) is 0 Å². The molecule has 1 unspecified atom stereocenters. The van der Waals surface area contributed by atoms with Gasteiger partial charge in [0, 0.05) is 31.9 Å². The smallest absolute Gasteiger partial charge is 0.101 e. The van der Waals surface area contributed by atoms with Crippen molar-refractivity contribution in [3.05, 3.63) is 35.4 Å². The van der Waals surface area contributed by atoms with Gasteiger partial charge in [-0.3, -0.25) is 9.36 Å². The first-order valence-corrected chi connectivity index (χ1v) is 6.37. The predicted molar refractivity (Wildman–Crippen MR) is 69.2 cm³/mol. The molecular formula is C13H20N4O. The Hall–Kier alpha value is -1.62. The zero-order chi connectivity index (χ0) is 13.1. The molecule has 0 bridgehead atoms. The summed E-state index contributed by atoms with van der Waals surface area (Å²) in [6.45, 7) is 4.86. The van der Waals surface area contributed by atoms with Gasteiger partial charge in [0.05, 0.1) is 11.4 Å². The Balaban J connectivity index is 2.15. The first kappa shape index (κ1) is 12.8. The Morgan fingerprint density at radius 2 is 2.17 bits per heavy atom. The summed E-state index contributed by atoms with van der Waals surface area (Å²) in [6.07, 6.45) is 2.67. The highest BCUT2D eigenvalue weighted by Crippen LogP contribution is 2.18. The second kappa shape index (κ2) is 5.35. The van der Waals surface area contributed by atoms with Crippen molar-refractivity contribution < 1.29 is 5.11 Å². The van der Waals surface area contributed by atoms with Gasteiger partial charge in [-0.05, 0) is 25.5 Å². The van der Waals surface area contributed by atoms with Gasteiger partial charge in [0.15, 0.2) is 0 Å². The molecule has 2 heterocycles. The molecule has 0 aliphatic heterocycles. The Kier molecular flexibility index (Phi) is 3.81. The molecule has 2 rings (SSSR count). The van der Waals surface area contributed by atoms with Crippen LogP contribution < -0.4 is 0 Å². The van der Waals surface area contributed by atoms with Crippen molar-refractivity contribution in [3.63, 3.8) is 0 Å². The summed E-state index contributed by atoms with van der Waals surface area (Å²) in [6, 6.07) is 3.92. The summed E-state index contributed by atoms with van der Waals surface area (Å²) in [5.41, 5.74) is 2.96. The largest absolute Gasteiger partial charge is 0.386 e. The minimum Gasteiger partial charge on any atom is -0.386 e. The molecule has 0 saturated carbocycles. The van der Waals surface area contributed by atoms with E-state index < -0.39 is 6.10 Å². The molecule has 5 nitrogen and oxygen atoms in total. The monoisotopic (exact) mass is 248 g/mol. The van der Waals surface area contributed by atoms with Crippen LogP contribution in [0.15, 0.2) is 18.3 Å². The Labute approximate surface area is 107 Å². The van der Waals surface area contributed by atoms with Crippen LogP contribution >= 0.6 is 0 Å². The highest BCUT2D eigenvalue weighted by molar-refractivity contribution is 5.14. The van der Waals surface area contributed by atoms with E-state index in [1.54, 1.807) is 6.20 Å². The van der Waals surface area contributed by atoms with Crippen molar-refractivity contribution in [2.45, 2.75) is 39.3 Å². The molecule has 18 heavy (non-hydrogen) atoms. The third-order valence-electron chi connectivity index (χ3n) is 3.18. The number of hydrogen-bond donors (Lipinski definition) is 1. The highest BCUT2D eigenvalue weighted by atomic mass is 16.3. The van der Waals surface area contributed by atoms with Crippen LogP contribution in [0.2, 0.25) is 0 Å². The zero-order valence-corrected chi connectivity index (χ0v) is 11.2. The molecule has 0 aromatic carbocycles. The third-order valence-corrected chi connectivity index (χ3v) is 3.18. The predicted octanol–water partition coefficient (Wildman–Crippen LogP) is 1.47. The number of aromatic nitrogens is 4. The van der Waals surface area contributed by atoms with E-state index in [-0.39, 0.29) is 0 Å². The summed E-state index contributed by atoms with van der Waals surface area (Å²) < 4.78 is 3.66. The van der Waals surface area contributed by atoms with E-state index in [1.807, 2.05) is 29.4 Å². The number of rotatable bonds is 5. The van der Waals surface area contributed by atoms with Crippen molar-refractivity contribution in [3.8, 4) is 0 Å². The average Bonchev–Trinajstić information content (AvgIpc) is 2.96. The fraction of sp³-hybridized carbons (Fsp3) is 0.538. The van der Waals surface area contributed by atoms with Gasteiger partial charge < -0.3 is 5.11 Å². The summed E-state index contributed by atoms with van der Waals surface area (Å²) >= 11 is 0. The molecule has 2 aromatic rings. The first-order valence-electron chi connectivity index (χ1n) is 6.37. The normalized spacial score (nSPS) is 12.9. The molecule has 0 fully saturated rings. The third kappa shape index (κ3) is 2.46. The van der Waals surface area contributed by atoms with Gasteiger partial charge in [-0.25, -0.2) is 0 Å². The molecule has 0 saturated heterocycles. The van der Waals surface area contributed by atoms with E-state index in [4.69, 9.17) is 0 Å². The lowest BCUT2D eigenvalue weighted by molar-refractivity contribution is 0.164. The molecule has 1 N–H and O–H groups in total. The molecular weight excluding hydrogens is 228 g/mol. The SMILES string of the molecule is CCc1cc(CC(O)c2ccnn2CC)n(C)n1. The van der Waals surface area contributed by atoms with Crippen molar-refractivity contribution in [2.24, 2.45) is 7.05 Å². The second-order valence-electron chi connectivity index (χ2n) is 4.40. The minimum atomic E-state index is -0.535. The topological polar surface area (TPSA) is 55.9 Å². The van der Waals surface area contributed by atoms with Crippen LogP contribution in [0.1, 0.15) is 37.0 Å². The van der Waals surface area contributed by atoms with Crippen LogP contribution in [-0.4, -0.2) is 24.7 Å². The molecule has 5 heteroatoms. The Morgan fingerprint density at radius 1 is 1.39 bits per heavy atom.